The lowest BCUT2D eigenvalue weighted by atomic mass is 9.83. The average Bonchev–Trinajstić information content (AvgIpc) is 2.29. The maximum absolute atomic E-state index is 11.1. The van der Waals surface area contributed by atoms with Crippen LogP contribution in [0.2, 0.25) is 0 Å². The second kappa shape index (κ2) is 6.39. The predicted octanol–water partition coefficient (Wildman–Crippen LogP) is 3.05. The molecule has 0 radical (unpaired) electrons. The topological polar surface area (TPSA) is 49.3 Å². The fourth-order valence-electron chi connectivity index (χ4n) is 2.44. The van der Waals surface area contributed by atoms with Crippen molar-refractivity contribution in [2.24, 2.45) is 11.3 Å². The van der Waals surface area contributed by atoms with Gasteiger partial charge in [0.25, 0.3) is 0 Å². The summed E-state index contributed by atoms with van der Waals surface area (Å²) in [4.78, 5) is 11.1. The minimum atomic E-state index is -0.628. The van der Waals surface area contributed by atoms with Crippen molar-refractivity contribution in [3.8, 4) is 0 Å². The van der Waals surface area contributed by atoms with E-state index in [9.17, 15) is 9.90 Å². The Bertz CT molecular complexity index is 251. The molecule has 1 saturated carbocycles. The van der Waals surface area contributed by atoms with E-state index in [1.54, 1.807) is 0 Å². The zero-order valence-corrected chi connectivity index (χ0v) is 11.5. The molecular formula is C14H27NO2. The van der Waals surface area contributed by atoms with Crippen molar-refractivity contribution >= 4 is 5.97 Å². The van der Waals surface area contributed by atoms with Gasteiger partial charge in [-0.1, -0.05) is 40.0 Å². The van der Waals surface area contributed by atoms with E-state index in [4.69, 9.17) is 0 Å². The molecule has 0 aromatic carbocycles. The number of hydrogen-bond acceptors (Lipinski definition) is 2. The Balaban J connectivity index is 2.36. The standard InChI is InChI=1S/C14H27NO2/c1-4-14(2,3)9-10-15-12-8-6-5-7-11(12)13(16)17/h11-12,15H,4-10H2,1-3H3,(H,16,17). The van der Waals surface area contributed by atoms with E-state index < -0.39 is 5.97 Å². The highest BCUT2D eigenvalue weighted by Gasteiger charge is 2.30. The summed E-state index contributed by atoms with van der Waals surface area (Å²) in [6.07, 6.45) is 6.37. The first-order chi connectivity index (χ1) is 7.96. The lowest BCUT2D eigenvalue weighted by Crippen LogP contribution is -2.43. The van der Waals surface area contributed by atoms with Crippen molar-refractivity contribution in [3.05, 3.63) is 0 Å². The highest BCUT2D eigenvalue weighted by Crippen LogP contribution is 2.26. The number of rotatable bonds is 6. The number of carboxylic acid groups (broad SMARTS) is 1. The van der Waals surface area contributed by atoms with Crippen molar-refractivity contribution in [2.45, 2.75) is 65.3 Å². The van der Waals surface area contributed by atoms with Crippen LogP contribution in [0.15, 0.2) is 0 Å². The van der Waals surface area contributed by atoms with E-state index in [0.29, 0.717) is 5.41 Å². The molecule has 2 atom stereocenters. The summed E-state index contributed by atoms with van der Waals surface area (Å²) in [5, 5.41) is 12.6. The Morgan fingerprint density at radius 2 is 2.00 bits per heavy atom. The molecule has 2 unspecified atom stereocenters. The Hall–Kier alpha value is -0.570. The van der Waals surface area contributed by atoms with Crippen LogP contribution in [0, 0.1) is 11.3 Å². The van der Waals surface area contributed by atoms with Crippen molar-refractivity contribution in [2.75, 3.05) is 6.54 Å². The van der Waals surface area contributed by atoms with Crippen molar-refractivity contribution in [3.63, 3.8) is 0 Å². The van der Waals surface area contributed by atoms with Gasteiger partial charge in [0.2, 0.25) is 0 Å². The summed E-state index contributed by atoms with van der Waals surface area (Å²) in [6.45, 7) is 7.68. The van der Waals surface area contributed by atoms with Gasteiger partial charge in [-0.05, 0) is 31.2 Å². The summed E-state index contributed by atoms with van der Waals surface area (Å²) in [6, 6.07) is 0.189. The van der Waals surface area contributed by atoms with Crippen LogP contribution in [0.4, 0.5) is 0 Å². The van der Waals surface area contributed by atoms with E-state index in [-0.39, 0.29) is 12.0 Å². The van der Waals surface area contributed by atoms with Crippen molar-refractivity contribution in [1.29, 1.82) is 0 Å². The summed E-state index contributed by atoms with van der Waals surface area (Å²) < 4.78 is 0. The van der Waals surface area contributed by atoms with E-state index in [2.05, 4.69) is 26.1 Å². The third-order valence-electron chi connectivity index (χ3n) is 4.25. The molecule has 0 aromatic rings. The molecule has 0 bridgehead atoms. The first-order valence-corrected chi connectivity index (χ1v) is 6.92. The van der Waals surface area contributed by atoms with Crippen LogP contribution >= 0.6 is 0 Å². The Kier molecular flexibility index (Phi) is 5.44. The third kappa shape index (κ3) is 4.66. The molecule has 0 spiro atoms. The maximum Gasteiger partial charge on any atom is 0.308 e. The molecule has 1 aliphatic carbocycles. The minimum absolute atomic E-state index is 0.173. The van der Waals surface area contributed by atoms with Gasteiger partial charge in [-0.15, -0.1) is 0 Å². The third-order valence-corrected chi connectivity index (χ3v) is 4.25. The van der Waals surface area contributed by atoms with Gasteiger partial charge < -0.3 is 10.4 Å². The second-order valence-electron chi connectivity index (χ2n) is 6.06. The van der Waals surface area contributed by atoms with Gasteiger partial charge in [0.15, 0.2) is 0 Å². The van der Waals surface area contributed by atoms with E-state index in [0.717, 1.165) is 32.2 Å². The highest BCUT2D eigenvalue weighted by atomic mass is 16.4. The van der Waals surface area contributed by atoms with Gasteiger partial charge in [-0.3, -0.25) is 4.79 Å². The van der Waals surface area contributed by atoms with Crippen LogP contribution in [-0.2, 0) is 4.79 Å². The van der Waals surface area contributed by atoms with Crippen molar-refractivity contribution < 1.29 is 9.90 Å². The van der Waals surface area contributed by atoms with Gasteiger partial charge in [0, 0.05) is 6.04 Å². The normalized spacial score (nSPS) is 25.8. The average molecular weight is 241 g/mol. The Morgan fingerprint density at radius 1 is 1.35 bits per heavy atom. The van der Waals surface area contributed by atoms with Crippen LogP contribution in [-0.4, -0.2) is 23.7 Å². The molecule has 100 valence electrons. The van der Waals surface area contributed by atoms with Gasteiger partial charge in [0.1, 0.15) is 0 Å². The number of carboxylic acids is 1. The molecule has 1 aliphatic rings. The first-order valence-electron chi connectivity index (χ1n) is 6.92. The van der Waals surface area contributed by atoms with E-state index in [1.165, 1.54) is 12.8 Å². The van der Waals surface area contributed by atoms with Crippen molar-refractivity contribution in [1.82, 2.24) is 5.32 Å². The number of aliphatic carboxylic acids is 1. The van der Waals surface area contributed by atoms with Crippen LogP contribution in [0.3, 0.4) is 0 Å². The summed E-state index contributed by atoms with van der Waals surface area (Å²) in [5.74, 6) is -0.801. The molecule has 1 rings (SSSR count). The minimum Gasteiger partial charge on any atom is -0.481 e. The van der Waals surface area contributed by atoms with Gasteiger partial charge in [0.05, 0.1) is 5.92 Å². The quantitative estimate of drug-likeness (QED) is 0.751. The number of hydrogen-bond donors (Lipinski definition) is 2. The molecule has 3 heteroatoms. The lowest BCUT2D eigenvalue weighted by molar-refractivity contribution is -0.143. The van der Waals surface area contributed by atoms with Crippen LogP contribution in [0.1, 0.15) is 59.3 Å². The van der Waals surface area contributed by atoms with Crippen LogP contribution in [0.25, 0.3) is 0 Å². The monoisotopic (exact) mass is 241 g/mol. The van der Waals surface area contributed by atoms with Gasteiger partial charge in [-0.25, -0.2) is 0 Å². The highest BCUT2D eigenvalue weighted by molar-refractivity contribution is 5.71. The smallest absolute Gasteiger partial charge is 0.308 e. The molecule has 1 fully saturated rings. The summed E-state index contributed by atoms with van der Waals surface area (Å²) in [7, 11) is 0. The lowest BCUT2D eigenvalue weighted by Gasteiger charge is -2.31. The maximum atomic E-state index is 11.1. The number of nitrogens with one attached hydrogen (secondary N) is 1. The zero-order valence-electron chi connectivity index (χ0n) is 11.5. The first kappa shape index (κ1) is 14.5. The summed E-state index contributed by atoms with van der Waals surface area (Å²) in [5.41, 5.74) is 0.361. The van der Waals surface area contributed by atoms with Crippen LogP contribution in [0.5, 0.6) is 0 Å². The molecule has 2 N–H and O–H groups in total. The number of carbonyl (C=O) groups is 1. The SMILES string of the molecule is CCC(C)(C)CCNC1CCCCC1C(=O)O. The fourth-order valence-corrected chi connectivity index (χ4v) is 2.44. The predicted molar refractivity (Wildman–Crippen MR) is 70.1 cm³/mol. The summed E-state index contributed by atoms with van der Waals surface area (Å²) >= 11 is 0. The molecule has 0 aromatic heterocycles. The van der Waals surface area contributed by atoms with Gasteiger partial charge in [-0.2, -0.15) is 0 Å². The molecule has 0 heterocycles. The molecule has 3 nitrogen and oxygen atoms in total. The Labute approximate surface area is 105 Å². The molecule has 17 heavy (non-hydrogen) atoms. The van der Waals surface area contributed by atoms with E-state index >= 15 is 0 Å². The van der Waals surface area contributed by atoms with Crippen LogP contribution < -0.4 is 5.32 Å². The largest absolute Gasteiger partial charge is 0.481 e. The molecule has 0 saturated heterocycles. The molecule has 0 aliphatic heterocycles. The van der Waals surface area contributed by atoms with E-state index in [1.807, 2.05) is 0 Å². The zero-order chi connectivity index (χ0) is 12.9. The Morgan fingerprint density at radius 3 is 2.59 bits per heavy atom. The molecule has 0 amide bonds. The second-order valence-corrected chi connectivity index (χ2v) is 6.06. The molecular weight excluding hydrogens is 214 g/mol. The van der Waals surface area contributed by atoms with Gasteiger partial charge >= 0.3 is 5.97 Å². The fraction of sp³-hybridized carbons (Fsp3) is 0.929.